The van der Waals surface area contributed by atoms with Gasteiger partial charge in [0, 0.05) is 6.54 Å². The second kappa shape index (κ2) is 5.78. The van der Waals surface area contributed by atoms with Gasteiger partial charge in [-0.25, -0.2) is 0 Å². The first-order valence-corrected chi connectivity index (χ1v) is 4.40. The van der Waals surface area contributed by atoms with Gasteiger partial charge in [-0.1, -0.05) is 0 Å². The Morgan fingerprint density at radius 1 is 1.38 bits per heavy atom. The summed E-state index contributed by atoms with van der Waals surface area (Å²) in [4.78, 5) is 22.6. The second-order valence-corrected chi connectivity index (χ2v) is 2.68. The van der Waals surface area contributed by atoms with Crippen LogP contribution in [0.15, 0.2) is 0 Å². The maximum Gasteiger partial charge on any atom is 0.240 e. The zero-order valence-corrected chi connectivity index (χ0v) is 8.37. The average Bonchev–Trinajstić information content (AvgIpc) is 2.27. The molecule has 1 heterocycles. The minimum absolute atomic E-state index is 0.0644. The topological polar surface area (TPSA) is 137 Å². The minimum atomic E-state index is -0.563. The van der Waals surface area contributed by atoms with E-state index in [1.807, 2.05) is 0 Å². The van der Waals surface area contributed by atoms with E-state index in [1.54, 1.807) is 0 Å². The number of nitrogens with one attached hydrogen (secondary N) is 1. The molecule has 0 aromatic carbocycles. The molecule has 0 bridgehead atoms. The molecule has 1 aromatic rings. The Morgan fingerprint density at radius 3 is 2.69 bits per heavy atom. The lowest BCUT2D eigenvalue weighted by molar-refractivity contribution is -0.108. The molecule has 0 spiro atoms. The Labute approximate surface area is 90.9 Å². The van der Waals surface area contributed by atoms with Gasteiger partial charge in [-0.3, -0.25) is 9.69 Å². The molecule has 1 amide bonds. The van der Waals surface area contributed by atoms with Crippen molar-refractivity contribution in [2.45, 2.75) is 0 Å². The first-order valence-electron chi connectivity index (χ1n) is 4.40. The van der Waals surface area contributed by atoms with Crippen LogP contribution < -0.4 is 16.0 Å². The molecule has 9 nitrogen and oxygen atoms in total. The lowest BCUT2D eigenvalue weighted by atomic mass is 10.6. The van der Waals surface area contributed by atoms with Gasteiger partial charge in [-0.2, -0.15) is 15.0 Å². The highest BCUT2D eigenvalue weighted by atomic mass is 16.3. The van der Waals surface area contributed by atoms with Gasteiger partial charge in [0.25, 0.3) is 0 Å². The van der Waals surface area contributed by atoms with Crippen LogP contribution >= 0.6 is 0 Å². The molecular formula is C7H12N6O3. The molecule has 0 saturated heterocycles. The monoisotopic (exact) mass is 228 g/mol. The van der Waals surface area contributed by atoms with Crippen molar-refractivity contribution in [2.75, 3.05) is 35.8 Å². The number of aliphatic hydroxyl groups excluding tert-OH is 2. The molecule has 88 valence electrons. The predicted octanol–water partition coefficient (Wildman–Crippen LogP) is -2.23. The summed E-state index contributed by atoms with van der Waals surface area (Å²) in [5, 5.41) is 20.1. The summed E-state index contributed by atoms with van der Waals surface area (Å²) in [6.07, 6.45) is 0.366. The second-order valence-electron chi connectivity index (χ2n) is 2.68. The Kier molecular flexibility index (Phi) is 4.36. The molecule has 0 aliphatic heterocycles. The van der Waals surface area contributed by atoms with Crippen molar-refractivity contribution in [2.24, 2.45) is 0 Å². The number of hydrogen-bond acceptors (Lipinski definition) is 8. The summed E-state index contributed by atoms with van der Waals surface area (Å²) in [7, 11) is 0. The number of hydrogen-bond donors (Lipinski definition) is 4. The fraction of sp³-hybridized carbons (Fsp3) is 0.429. The van der Waals surface area contributed by atoms with Crippen LogP contribution in [-0.4, -0.2) is 51.5 Å². The lowest BCUT2D eigenvalue weighted by Gasteiger charge is -2.12. The number of carbonyl (C=O) groups is 1. The van der Waals surface area contributed by atoms with Gasteiger partial charge in [-0.05, 0) is 0 Å². The first-order chi connectivity index (χ1) is 7.71. The van der Waals surface area contributed by atoms with E-state index >= 15 is 0 Å². The zero-order chi connectivity index (χ0) is 12.0. The van der Waals surface area contributed by atoms with Crippen LogP contribution in [-0.2, 0) is 4.79 Å². The van der Waals surface area contributed by atoms with Crippen molar-refractivity contribution in [3.63, 3.8) is 0 Å². The lowest BCUT2D eigenvalue weighted by Crippen LogP contribution is -2.25. The highest BCUT2D eigenvalue weighted by molar-refractivity contribution is 5.71. The van der Waals surface area contributed by atoms with Crippen molar-refractivity contribution >= 4 is 24.3 Å². The molecule has 0 aliphatic rings. The normalized spacial score (nSPS) is 9.88. The number of nitrogens with zero attached hydrogens (tertiary/aromatic N) is 4. The van der Waals surface area contributed by atoms with Gasteiger partial charge >= 0.3 is 0 Å². The van der Waals surface area contributed by atoms with Gasteiger partial charge in [-0.15, -0.1) is 0 Å². The van der Waals surface area contributed by atoms with E-state index in [0.29, 0.717) is 6.41 Å². The molecule has 0 unspecified atom stereocenters. The third-order valence-electron chi connectivity index (χ3n) is 1.57. The van der Waals surface area contributed by atoms with Crippen LogP contribution in [0.2, 0.25) is 0 Å². The van der Waals surface area contributed by atoms with Crippen molar-refractivity contribution < 1.29 is 15.0 Å². The molecule has 1 aromatic heterocycles. The molecule has 0 atom stereocenters. The molecule has 9 heteroatoms. The van der Waals surface area contributed by atoms with Crippen molar-refractivity contribution in [1.82, 2.24) is 15.0 Å². The van der Waals surface area contributed by atoms with E-state index in [1.165, 1.54) is 0 Å². The summed E-state index contributed by atoms with van der Waals surface area (Å²) in [5.74, 6) is -0.0342. The summed E-state index contributed by atoms with van der Waals surface area (Å²) in [6, 6.07) is 0. The molecule has 0 fully saturated rings. The fourth-order valence-electron chi connectivity index (χ4n) is 0.900. The van der Waals surface area contributed by atoms with Crippen LogP contribution in [0.1, 0.15) is 0 Å². The first kappa shape index (κ1) is 12.1. The molecule has 1 rings (SSSR count). The largest absolute Gasteiger partial charge is 0.395 e. The van der Waals surface area contributed by atoms with Crippen molar-refractivity contribution in [3.8, 4) is 0 Å². The summed E-state index contributed by atoms with van der Waals surface area (Å²) >= 11 is 0. The third kappa shape index (κ3) is 3.00. The minimum Gasteiger partial charge on any atom is -0.395 e. The maximum atomic E-state index is 10.5. The predicted molar refractivity (Wildman–Crippen MR) is 55.4 cm³/mol. The van der Waals surface area contributed by atoms with Crippen molar-refractivity contribution in [1.29, 1.82) is 0 Å². The van der Waals surface area contributed by atoms with Gasteiger partial charge in [0.05, 0.1) is 6.61 Å². The number of amides is 1. The molecule has 0 saturated carbocycles. The van der Waals surface area contributed by atoms with E-state index in [0.717, 1.165) is 4.90 Å². The van der Waals surface area contributed by atoms with E-state index in [9.17, 15) is 4.79 Å². The number of nitrogen functional groups attached to an aromatic ring is 1. The summed E-state index contributed by atoms with van der Waals surface area (Å²) in [6.45, 7) is -0.423. The third-order valence-corrected chi connectivity index (χ3v) is 1.57. The number of anilines is 3. The molecule has 0 aliphatic carbocycles. The number of carbonyl (C=O) groups excluding carboxylic acids is 1. The van der Waals surface area contributed by atoms with Gasteiger partial charge < -0.3 is 21.3 Å². The van der Waals surface area contributed by atoms with E-state index in [-0.39, 0.29) is 31.0 Å². The average molecular weight is 228 g/mol. The molecule has 16 heavy (non-hydrogen) atoms. The van der Waals surface area contributed by atoms with Crippen LogP contribution in [0.5, 0.6) is 0 Å². The molecule has 0 radical (unpaired) electrons. The van der Waals surface area contributed by atoms with E-state index < -0.39 is 6.73 Å². The number of nitrogens with two attached hydrogens (primary N) is 1. The van der Waals surface area contributed by atoms with Crippen LogP contribution in [0.3, 0.4) is 0 Å². The SMILES string of the molecule is Nc1nc(NCCO)nc(N(C=O)CO)n1. The summed E-state index contributed by atoms with van der Waals surface area (Å²) < 4.78 is 0. The standard InChI is InChI=1S/C7H12N6O3/c8-5-10-6(9-1-2-14)12-7(11-5)13(3-15)4-16/h3,14,16H,1-2,4H2,(H3,8,9,10,11,12). The smallest absolute Gasteiger partial charge is 0.240 e. The molecule has 5 N–H and O–H groups in total. The van der Waals surface area contributed by atoms with Crippen LogP contribution in [0, 0.1) is 0 Å². The Balaban J connectivity index is 2.92. The molecular weight excluding hydrogens is 216 g/mol. The Hall–Kier alpha value is -2.00. The Bertz CT molecular complexity index is 360. The maximum absolute atomic E-state index is 10.5. The number of aromatic nitrogens is 3. The number of aliphatic hydroxyl groups is 2. The Morgan fingerprint density at radius 2 is 2.12 bits per heavy atom. The number of rotatable bonds is 6. The van der Waals surface area contributed by atoms with Crippen molar-refractivity contribution in [3.05, 3.63) is 0 Å². The highest BCUT2D eigenvalue weighted by Gasteiger charge is 2.10. The van der Waals surface area contributed by atoms with E-state index in [2.05, 4.69) is 20.3 Å². The highest BCUT2D eigenvalue weighted by Crippen LogP contribution is 2.09. The van der Waals surface area contributed by atoms with Crippen LogP contribution in [0.4, 0.5) is 17.8 Å². The zero-order valence-electron chi connectivity index (χ0n) is 8.37. The fourth-order valence-corrected chi connectivity index (χ4v) is 0.900. The quantitative estimate of drug-likeness (QED) is 0.317. The van der Waals surface area contributed by atoms with Crippen LogP contribution in [0.25, 0.3) is 0 Å². The van der Waals surface area contributed by atoms with Gasteiger partial charge in [0.15, 0.2) is 0 Å². The summed E-state index contributed by atoms with van der Waals surface area (Å²) in [5.41, 5.74) is 5.39. The van der Waals surface area contributed by atoms with Gasteiger partial charge in [0.2, 0.25) is 24.3 Å². The van der Waals surface area contributed by atoms with E-state index in [4.69, 9.17) is 15.9 Å². The van der Waals surface area contributed by atoms with Gasteiger partial charge in [0.1, 0.15) is 6.73 Å².